The molecular weight excluding hydrogens is 378 g/mol. The smallest absolute Gasteiger partial charge is 0.249 e. The maximum absolute atomic E-state index is 14.0. The van der Waals surface area contributed by atoms with E-state index in [0.29, 0.717) is 44.4 Å². The minimum absolute atomic E-state index is 0.0503. The lowest BCUT2D eigenvalue weighted by atomic mass is 10.1. The second-order valence-electron chi connectivity index (χ2n) is 6.38. The number of morpholine rings is 1. The number of hydrogen-bond donors (Lipinski definition) is 0. The Bertz CT molecular complexity index is 944. The molecule has 0 unspecified atom stereocenters. The van der Waals surface area contributed by atoms with Crippen LogP contribution in [0.15, 0.2) is 29.3 Å². The van der Waals surface area contributed by atoms with Gasteiger partial charge in [0, 0.05) is 25.8 Å². The van der Waals surface area contributed by atoms with Crippen LogP contribution < -0.4 is 4.90 Å². The Morgan fingerprint density at radius 3 is 2.48 bits per heavy atom. The predicted molar refractivity (Wildman–Crippen MR) is 92.7 cm³/mol. The fourth-order valence-corrected chi connectivity index (χ4v) is 4.76. The number of hydrogen-bond acceptors (Lipinski definition) is 6. The van der Waals surface area contributed by atoms with Crippen molar-refractivity contribution in [3.63, 3.8) is 0 Å². The quantitative estimate of drug-likeness (QED) is 0.780. The van der Waals surface area contributed by atoms with Crippen molar-refractivity contribution in [1.29, 1.82) is 0 Å². The minimum atomic E-state index is -4.31. The number of anilines is 1. The second kappa shape index (κ2) is 7.10. The summed E-state index contributed by atoms with van der Waals surface area (Å²) in [7, 11) is -4.31. The second-order valence-corrected chi connectivity index (χ2v) is 8.26. The van der Waals surface area contributed by atoms with Crippen LogP contribution in [0, 0.1) is 11.6 Å². The molecule has 1 aromatic carbocycles. The lowest BCUT2D eigenvalue weighted by molar-refractivity contribution is 0.122. The summed E-state index contributed by atoms with van der Waals surface area (Å²) in [4.78, 5) is 9.91. The van der Waals surface area contributed by atoms with E-state index in [1.807, 2.05) is 4.90 Å². The fraction of sp³-hybridized carbons (Fsp3) is 0.412. The minimum Gasteiger partial charge on any atom is -0.378 e. The Labute approximate surface area is 155 Å². The fourth-order valence-electron chi connectivity index (χ4n) is 3.25. The van der Waals surface area contributed by atoms with Crippen LogP contribution in [0.4, 0.5) is 14.7 Å². The highest BCUT2D eigenvalue weighted by Crippen LogP contribution is 2.27. The van der Waals surface area contributed by atoms with Gasteiger partial charge in [-0.3, -0.25) is 0 Å². The van der Waals surface area contributed by atoms with Gasteiger partial charge in [-0.05, 0) is 24.1 Å². The van der Waals surface area contributed by atoms with Crippen molar-refractivity contribution in [2.75, 3.05) is 37.7 Å². The zero-order valence-electron chi connectivity index (χ0n) is 14.4. The van der Waals surface area contributed by atoms with Crippen molar-refractivity contribution < 1.29 is 21.9 Å². The van der Waals surface area contributed by atoms with Crippen LogP contribution >= 0.6 is 0 Å². The summed E-state index contributed by atoms with van der Waals surface area (Å²) in [6, 6.07) is 3.01. The molecule has 0 saturated carbocycles. The van der Waals surface area contributed by atoms with Gasteiger partial charge in [0.2, 0.25) is 16.0 Å². The van der Waals surface area contributed by atoms with E-state index in [4.69, 9.17) is 4.74 Å². The van der Waals surface area contributed by atoms with E-state index < -0.39 is 26.6 Å². The Morgan fingerprint density at radius 1 is 1.07 bits per heavy atom. The number of ether oxygens (including phenoxy) is 1. The molecule has 2 aromatic rings. The van der Waals surface area contributed by atoms with Crippen molar-refractivity contribution in [3.8, 4) is 0 Å². The van der Waals surface area contributed by atoms with E-state index in [9.17, 15) is 17.2 Å². The number of fused-ring (bicyclic) bond motifs is 1. The molecule has 2 aliphatic heterocycles. The first-order chi connectivity index (χ1) is 13.0. The van der Waals surface area contributed by atoms with Crippen LogP contribution in [0.2, 0.25) is 0 Å². The molecule has 144 valence electrons. The molecule has 0 aliphatic carbocycles. The van der Waals surface area contributed by atoms with Crippen LogP contribution in [0.3, 0.4) is 0 Å². The molecular formula is C17H18F2N4O3S. The molecule has 0 spiro atoms. The zero-order chi connectivity index (χ0) is 19.0. The average Bonchev–Trinajstić information content (AvgIpc) is 2.67. The van der Waals surface area contributed by atoms with E-state index in [-0.39, 0.29) is 13.1 Å². The molecule has 1 aromatic heterocycles. The molecule has 2 aliphatic rings. The SMILES string of the molecule is O=S(=O)(c1c(F)cccc1F)N1CCc2cnc(N3CCOCC3)nc2C1. The monoisotopic (exact) mass is 396 g/mol. The van der Waals surface area contributed by atoms with E-state index in [0.717, 1.165) is 28.1 Å². The van der Waals surface area contributed by atoms with Gasteiger partial charge in [-0.1, -0.05) is 6.07 Å². The summed E-state index contributed by atoms with van der Waals surface area (Å²) in [6.45, 7) is 2.53. The van der Waals surface area contributed by atoms with Gasteiger partial charge >= 0.3 is 0 Å². The summed E-state index contributed by atoms with van der Waals surface area (Å²) in [5, 5.41) is 0. The van der Waals surface area contributed by atoms with Crippen LogP contribution in [0.1, 0.15) is 11.3 Å². The molecule has 0 radical (unpaired) electrons. The van der Waals surface area contributed by atoms with E-state index in [2.05, 4.69) is 9.97 Å². The Morgan fingerprint density at radius 2 is 1.78 bits per heavy atom. The third-order valence-corrected chi connectivity index (χ3v) is 6.61. The highest BCUT2D eigenvalue weighted by Gasteiger charge is 2.34. The Kier molecular flexibility index (Phi) is 4.79. The van der Waals surface area contributed by atoms with Gasteiger partial charge in [-0.2, -0.15) is 4.31 Å². The molecule has 0 atom stereocenters. The third-order valence-electron chi connectivity index (χ3n) is 4.71. The van der Waals surface area contributed by atoms with Crippen molar-refractivity contribution in [2.45, 2.75) is 17.9 Å². The average molecular weight is 396 g/mol. The van der Waals surface area contributed by atoms with E-state index in [1.54, 1.807) is 6.20 Å². The largest absolute Gasteiger partial charge is 0.378 e. The van der Waals surface area contributed by atoms with Crippen molar-refractivity contribution in [3.05, 3.63) is 47.3 Å². The summed E-state index contributed by atoms with van der Waals surface area (Å²) in [5.74, 6) is -1.69. The van der Waals surface area contributed by atoms with E-state index >= 15 is 0 Å². The lowest BCUT2D eigenvalue weighted by Crippen LogP contribution is -2.39. The van der Waals surface area contributed by atoms with Crippen molar-refractivity contribution >= 4 is 16.0 Å². The molecule has 0 bridgehead atoms. The molecule has 7 nitrogen and oxygen atoms in total. The van der Waals surface area contributed by atoms with Crippen LogP contribution in [-0.2, 0) is 27.7 Å². The molecule has 1 fully saturated rings. The van der Waals surface area contributed by atoms with Gasteiger partial charge in [-0.25, -0.2) is 27.2 Å². The molecule has 10 heteroatoms. The highest BCUT2D eigenvalue weighted by molar-refractivity contribution is 7.89. The Hall–Kier alpha value is -2.17. The number of rotatable bonds is 3. The normalized spacial score (nSPS) is 18.4. The first-order valence-corrected chi connectivity index (χ1v) is 10.0. The van der Waals surface area contributed by atoms with Gasteiger partial charge in [0.1, 0.15) is 11.6 Å². The standard InChI is InChI=1S/C17H18F2N4O3S/c18-13-2-1-3-14(19)16(13)27(24,25)23-5-4-12-10-20-17(21-15(12)11-23)22-6-8-26-9-7-22/h1-3,10H,4-9,11H2. The van der Waals surface area contributed by atoms with Crippen LogP contribution in [0.5, 0.6) is 0 Å². The number of sulfonamides is 1. The molecule has 1 saturated heterocycles. The topological polar surface area (TPSA) is 75.6 Å². The van der Waals surface area contributed by atoms with Gasteiger partial charge in [0.05, 0.1) is 25.5 Å². The maximum atomic E-state index is 14.0. The van der Waals surface area contributed by atoms with Crippen LogP contribution in [-0.4, -0.2) is 55.5 Å². The summed E-state index contributed by atoms with van der Waals surface area (Å²) in [6.07, 6.45) is 2.08. The number of halogens is 2. The zero-order valence-corrected chi connectivity index (χ0v) is 15.3. The Balaban J connectivity index is 1.64. The van der Waals surface area contributed by atoms with Gasteiger partial charge < -0.3 is 9.64 Å². The summed E-state index contributed by atoms with van der Waals surface area (Å²) in [5.41, 5.74) is 1.39. The van der Waals surface area contributed by atoms with Crippen LogP contribution in [0.25, 0.3) is 0 Å². The third kappa shape index (κ3) is 3.40. The first-order valence-electron chi connectivity index (χ1n) is 8.58. The highest BCUT2D eigenvalue weighted by atomic mass is 32.2. The number of nitrogens with zero attached hydrogens (tertiary/aromatic N) is 4. The van der Waals surface area contributed by atoms with Gasteiger partial charge in [-0.15, -0.1) is 0 Å². The molecule has 3 heterocycles. The van der Waals surface area contributed by atoms with E-state index in [1.165, 1.54) is 0 Å². The summed E-state index contributed by atoms with van der Waals surface area (Å²) >= 11 is 0. The molecule has 4 rings (SSSR count). The molecule has 0 amide bonds. The van der Waals surface area contributed by atoms with Gasteiger partial charge in [0.25, 0.3) is 0 Å². The maximum Gasteiger partial charge on any atom is 0.249 e. The van der Waals surface area contributed by atoms with Crippen molar-refractivity contribution in [2.24, 2.45) is 0 Å². The number of benzene rings is 1. The first kappa shape index (κ1) is 18.2. The predicted octanol–water partition coefficient (Wildman–Crippen LogP) is 1.34. The lowest BCUT2D eigenvalue weighted by Gasteiger charge is -2.30. The molecule has 27 heavy (non-hydrogen) atoms. The van der Waals surface area contributed by atoms with Gasteiger partial charge in [0.15, 0.2) is 4.90 Å². The number of aromatic nitrogens is 2. The van der Waals surface area contributed by atoms with Crippen molar-refractivity contribution in [1.82, 2.24) is 14.3 Å². The summed E-state index contributed by atoms with van der Waals surface area (Å²) < 4.78 is 60.0. The molecule has 0 N–H and O–H groups in total.